The summed E-state index contributed by atoms with van der Waals surface area (Å²) in [6.45, 7) is 0. The van der Waals surface area contributed by atoms with E-state index in [-0.39, 0.29) is 0 Å². The van der Waals surface area contributed by atoms with E-state index < -0.39 is 0 Å². The van der Waals surface area contributed by atoms with Crippen molar-refractivity contribution in [3.05, 3.63) is 72.8 Å². The summed E-state index contributed by atoms with van der Waals surface area (Å²) >= 11 is 0. The molecule has 1 aliphatic carbocycles. The second-order valence-electron chi connectivity index (χ2n) is 6.42. The van der Waals surface area contributed by atoms with Crippen LogP contribution in [0.1, 0.15) is 24.3 Å². The Morgan fingerprint density at radius 2 is 1.92 bits per heavy atom. The van der Waals surface area contributed by atoms with Crippen molar-refractivity contribution in [2.45, 2.75) is 18.8 Å². The van der Waals surface area contributed by atoms with Gasteiger partial charge in [-0.2, -0.15) is 5.10 Å². The zero-order valence-electron chi connectivity index (χ0n) is 13.6. The molecule has 1 fully saturated rings. The van der Waals surface area contributed by atoms with Crippen molar-refractivity contribution in [1.82, 2.24) is 19.6 Å². The summed E-state index contributed by atoms with van der Waals surface area (Å²) in [4.78, 5) is 9.05. The first-order valence-corrected chi connectivity index (χ1v) is 8.48. The van der Waals surface area contributed by atoms with Crippen molar-refractivity contribution in [2.24, 2.45) is 0 Å². The van der Waals surface area contributed by atoms with E-state index in [9.17, 15) is 0 Å². The second kappa shape index (κ2) is 5.70. The molecule has 1 saturated carbocycles. The highest BCUT2D eigenvalue weighted by molar-refractivity contribution is 5.68. The third-order valence-electron chi connectivity index (χ3n) is 4.56. The monoisotopic (exact) mass is 327 g/mol. The molecule has 4 aromatic rings. The Bertz CT molecular complexity index is 1030. The fourth-order valence-corrected chi connectivity index (χ4v) is 3.04. The number of fused-ring (bicyclic) bond motifs is 1. The Balaban J connectivity index is 1.41. The standard InChI is InChI=1S/C20H17N5/c1-2-14(1)16-3-4-19(22-13-16)15-5-8-21-20(11-15)24-17-7-10-25-18(12-17)6-9-23-25/h3-14H,1-2H2,(H,21,24). The van der Waals surface area contributed by atoms with Crippen molar-refractivity contribution in [3.63, 3.8) is 0 Å². The van der Waals surface area contributed by atoms with Gasteiger partial charge in [0.15, 0.2) is 0 Å². The van der Waals surface area contributed by atoms with E-state index in [0.29, 0.717) is 0 Å². The van der Waals surface area contributed by atoms with Gasteiger partial charge in [0.05, 0.1) is 11.2 Å². The van der Waals surface area contributed by atoms with E-state index in [2.05, 4.69) is 32.5 Å². The summed E-state index contributed by atoms with van der Waals surface area (Å²) in [5.74, 6) is 1.53. The third-order valence-corrected chi connectivity index (χ3v) is 4.56. The van der Waals surface area contributed by atoms with Crippen LogP contribution in [0.3, 0.4) is 0 Å². The Morgan fingerprint density at radius 1 is 0.960 bits per heavy atom. The van der Waals surface area contributed by atoms with E-state index in [4.69, 9.17) is 0 Å². The Kier molecular flexibility index (Phi) is 3.23. The van der Waals surface area contributed by atoms with E-state index in [0.717, 1.165) is 34.2 Å². The normalized spacial score (nSPS) is 13.9. The number of hydrogen-bond donors (Lipinski definition) is 1. The SMILES string of the molecule is c1cc(-c2ccc(C3CC3)cn2)cc(Nc2ccn3nccc3c2)n1. The summed E-state index contributed by atoms with van der Waals surface area (Å²) in [5, 5.41) is 7.57. The first-order valence-electron chi connectivity index (χ1n) is 8.48. The number of aromatic nitrogens is 4. The van der Waals surface area contributed by atoms with E-state index in [1.807, 2.05) is 53.4 Å². The van der Waals surface area contributed by atoms with Crippen LogP contribution in [-0.2, 0) is 0 Å². The molecule has 25 heavy (non-hydrogen) atoms. The number of anilines is 2. The summed E-state index contributed by atoms with van der Waals surface area (Å²) in [5.41, 5.74) is 5.41. The molecule has 0 unspecified atom stereocenters. The van der Waals surface area contributed by atoms with Crippen molar-refractivity contribution >= 4 is 17.0 Å². The first kappa shape index (κ1) is 14.2. The zero-order valence-corrected chi connectivity index (χ0v) is 13.6. The van der Waals surface area contributed by atoms with Crippen LogP contribution >= 0.6 is 0 Å². The van der Waals surface area contributed by atoms with E-state index in [1.165, 1.54) is 18.4 Å². The molecule has 122 valence electrons. The lowest BCUT2D eigenvalue weighted by atomic mass is 10.1. The van der Waals surface area contributed by atoms with Crippen molar-refractivity contribution in [1.29, 1.82) is 0 Å². The third kappa shape index (κ3) is 2.85. The largest absolute Gasteiger partial charge is 0.340 e. The van der Waals surface area contributed by atoms with Crippen molar-refractivity contribution < 1.29 is 0 Å². The average molecular weight is 327 g/mol. The lowest BCUT2D eigenvalue weighted by molar-refractivity contribution is 0.962. The molecule has 0 radical (unpaired) electrons. The molecule has 5 rings (SSSR count). The molecule has 0 amide bonds. The maximum atomic E-state index is 4.63. The van der Waals surface area contributed by atoms with Crippen LogP contribution in [0.5, 0.6) is 0 Å². The molecule has 4 aromatic heterocycles. The molecule has 0 aliphatic heterocycles. The number of pyridine rings is 3. The predicted molar refractivity (Wildman–Crippen MR) is 97.9 cm³/mol. The summed E-state index contributed by atoms with van der Waals surface area (Å²) in [6.07, 6.45) is 10.1. The predicted octanol–water partition coefficient (Wildman–Crippen LogP) is 4.41. The van der Waals surface area contributed by atoms with Gasteiger partial charge in [0.1, 0.15) is 5.82 Å². The average Bonchev–Trinajstić information content (AvgIpc) is 3.40. The van der Waals surface area contributed by atoms with Gasteiger partial charge < -0.3 is 5.32 Å². The van der Waals surface area contributed by atoms with Crippen LogP contribution < -0.4 is 5.32 Å². The lowest BCUT2D eigenvalue weighted by Gasteiger charge is -2.08. The molecule has 0 bridgehead atoms. The van der Waals surface area contributed by atoms with Gasteiger partial charge in [0, 0.05) is 36.0 Å². The molecule has 4 heterocycles. The minimum absolute atomic E-state index is 0.731. The van der Waals surface area contributed by atoms with Gasteiger partial charge in [0.25, 0.3) is 0 Å². The minimum Gasteiger partial charge on any atom is -0.340 e. The van der Waals surface area contributed by atoms with Gasteiger partial charge in [0.2, 0.25) is 0 Å². The molecular weight excluding hydrogens is 310 g/mol. The molecule has 0 atom stereocenters. The van der Waals surface area contributed by atoms with Crippen LogP contribution in [0.15, 0.2) is 67.3 Å². The van der Waals surface area contributed by atoms with Gasteiger partial charge in [-0.1, -0.05) is 6.07 Å². The maximum absolute atomic E-state index is 4.63. The molecule has 1 aliphatic rings. The molecule has 5 heteroatoms. The number of nitrogens with zero attached hydrogens (tertiary/aromatic N) is 4. The Labute approximate surface area is 145 Å². The number of hydrogen-bond acceptors (Lipinski definition) is 4. The van der Waals surface area contributed by atoms with Crippen molar-refractivity contribution in [2.75, 3.05) is 5.32 Å². The molecule has 1 N–H and O–H groups in total. The van der Waals surface area contributed by atoms with E-state index in [1.54, 1.807) is 6.20 Å². The van der Waals surface area contributed by atoms with Gasteiger partial charge in [-0.05, 0) is 60.7 Å². The van der Waals surface area contributed by atoms with Gasteiger partial charge in [-0.3, -0.25) is 4.98 Å². The second-order valence-corrected chi connectivity index (χ2v) is 6.42. The topological polar surface area (TPSA) is 55.1 Å². The minimum atomic E-state index is 0.731. The smallest absolute Gasteiger partial charge is 0.130 e. The highest BCUT2D eigenvalue weighted by Gasteiger charge is 2.23. The van der Waals surface area contributed by atoms with Gasteiger partial charge in [-0.25, -0.2) is 9.50 Å². The van der Waals surface area contributed by atoms with Crippen LogP contribution in [0.2, 0.25) is 0 Å². The van der Waals surface area contributed by atoms with Crippen LogP contribution in [0, 0.1) is 0 Å². The maximum Gasteiger partial charge on any atom is 0.130 e. The quantitative estimate of drug-likeness (QED) is 0.603. The number of rotatable bonds is 4. The Hall–Kier alpha value is -3.21. The fraction of sp³-hybridized carbons (Fsp3) is 0.150. The van der Waals surface area contributed by atoms with Crippen molar-refractivity contribution in [3.8, 4) is 11.3 Å². The summed E-state index contributed by atoms with van der Waals surface area (Å²) in [6, 6.07) is 14.3. The molecule has 0 spiro atoms. The summed E-state index contributed by atoms with van der Waals surface area (Å²) in [7, 11) is 0. The van der Waals surface area contributed by atoms with Crippen LogP contribution in [0.25, 0.3) is 16.8 Å². The molecule has 5 nitrogen and oxygen atoms in total. The molecule has 0 aromatic carbocycles. The van der Waals surface area contributed by atoms with Gasteiger partial charge >= 0.3 is 0 Å². The summed E-state index contributed by atoms with van der Waals surface area (Å²) < 4.78 is 1.83. The van der Waals surface area contributed by atoms with Crippen LogP contribution in [0.4, 0.5) is 11.5 Å². The highest BCUT2D eigenvalue weighted by Crippen LogP contribution is 2.40. The fourth-order valence-electron chi connectivity index (χ4n) is 3.04. The lowest BCUT2D eigenvalue weighted by Crippen LogP contribution is -1.96. The van der Waals surface area contributed by atoms with Gasteiger partial charge in [-0.15, -0.1) is 0 Å². The number of nitrogens with one attached hydrogen (secondary N) is 1. The molecular formula is C20H17N5. The first-order chi connectivity index (χ1) is 12.3. The molecule has 0 saturated heterocycles. The highest BCUT2D eigenvalue weighted by atomic mass is 15.2. The van der Waals surface area contributed by atoms with Crippen LogP contribution in [-0.4, -0.2) is 19.6 Å². The Morgan fingerprint density at radius 3 is 2.76 bits per heavy atom. The van der Waals surface area contributed by atoms with E-state index >= 15 is 0 Å². The zero-order chi connectivity index (χ0) is 16.6.